The molecule has 2 aromatic rings. The maximum absolute atomic E-state index is 12.2. The normalized spacial score (nSPS) is 12.6. The lowest BCUT2D eigenvalue weighted by molar-refractivity contribution is -0.385. The van der Waals surface area contributed by atoms with Crippen molar-refractivity contribution in [2.24, 2.45) is 0 Å². The topological polar surface area (TPSA) is 90.1 Å². The van der Waals surface area contributed by atoms with Gasteiger partial charge in [0.1, 0.15) is 12.4 Å². The van der Waals surface area contributed by atoms with Crippen LogP contribution in [0, 0.1) is 10.1 Å². The minimum absolute atomic E-state index is 0.0562. The number of carbonyl (C=O) groups excluding carboxylic acids is 1. The van der Waals surface area contributed by atoms with Gasteiger partial charge in [-0.1, -0.05) is 44.2 Å². The fourth-order valence-electron chi connectivity index (χ4n) is 2.40. The van der Waals surface area contributed by atoms with Crippen molar-refractivity contribution >= 4 is 11.6 Å². The van der Waals surface area contributed by atoms with E-state index in [0.29, 0.717) is 6.54 Å². The molecule has 0 fully saturated rings. The van der Waals surface area contributed by atoms with Crippen LogP contribution in [0.15, 0.2) is 42.7 Å². The van der Waals surface area contributed by atoms with Gasteiger partial charge in [0.15, 0.2) is 0 Å². The molecule has 1 aromatic heterocycles. The van der Waals surface area contributed by atoms with Gasteiger partial charge in [-0.25, -0.2) is 0 Å². The lowest BCUT2D eigenvalue weighted by Gasteiger charge is -2.33. The predicted octanol–water partition coefficient (Wildman–Crippen LogP) is 2.66. The third-order valence-corrected chi connectivity index (χ3v) is 4.38. The van der Waals surface area contributed by atoms with E-state index in [1.807, 2.05) is 37.3 Å². The van der Waals surface area contributed by atoms with Crippen LogP contribution in [0.1, 0.15) is 32.8 Å². The monoisotopic (exact) mass is 330 g/mol. The molecule has 7 nitrogen and oxygen atoms in total. The molecule has 1 heterocycles. The lowest BCUT2D eigenvalue weighted by Crippen LogP contribution is -2.45. The number of amides is 1. The molecular weight excluding hydrogens is 308 g/mol. The van der Waals surface area contributed by atoms with Gasteiger partial charge in [0, 0.05) is 24.4 Å². The van der Waals surface area contributed by atoms with Gasteiger partial charge < -0.3 is 5.32 Å². The molecule has 7 heteroatoms. The zero-order chi connectivity index (χ0) is 17.7. The molecule has 1 aromatic carbocycles. The Kier molecular flexibility index (Phi) is 5.33. The Morgan fingerprint density at radius 2 is 2.04 bits per heavy atom. The first-order valence-electron chi connectivity index (χ1n) is 7.82. The minimum atomic E-state index is -0.506. The van der Waals surface area contributed by atoms with Crippen LogP contribution in [-0.4, -0.2) is 26.7 Å². The molecule has 0 aliphatic heterocycles. The number of carbonyl (C=O) groups is 1. The number of hydrogen-bond acceptors (Lipinski definition) is 4. The lowest BCUT2D eigenvalue weighted by atomic mass is 9.78. The van der Waals surface area contributed by atoms with Crippen molar-refractivity contribution in [2.45, 2.75) is 45.2 Å². The van der Waals surface area contributed by atoms with Crippen molar-refractivity contribution in [1.82, 2.24) is 15.1 Å². The van der Waals surface area contributed by atoms with Crippen molar-refractivity contribution in [2.75, 3.05) is 0 Å². The van der Waals surface area contributed by atoms with E-state index in [2.05, 4.69) is 24.3 Å². The summed E-state index contributed by atoms with van der Waals surface area (Å²) in [4.78, 5) is 22.3. The predicted molar refractivity (Wildman–Crippen MR) is 90.6 cm³/mol. The highest BCUT2D eigenvalue weighted by Crippen LogP contribution is 2.26. The molecule has 0 aliphatic carbocycles. The SMILES string of the molecule is C[C@@H](NC(=O)CCn1cc([N+](=O)[O-])cn1)C(C)(C)c1ccccc1. The number of nitro groups is 1. The third kappa shape index (κ3) is 4.18. The number of aryl methyl sites for hydroxylation is 1. The Balaban J connectivity index is 1.90. The summed E-state index contributed by atoms with van der Waals surface area (Å²) in [5, 5.41) is 17.5. The van der Waals surface area contributed by atoms with E-state index in [1.165, 1.54) is 17.1 Å². The highest BCUT2D eigenvalue weighted by molar-refractivity contribution is 5.76. The summed E-state index contributed by atoms with van der Waals surface area (Å²) in [6.07, 6.45) is 2.72. The fourth-order valence-corrected chi connectivity index (χ4v) is 2.40. The molecule has 0 bridgehead atoms. The Morgan fingerprint density at radius 3 is 2.62 bits per heavy atom. The molecule has 0 radical (unpaired) electrons. The molecule has 0 unspecified atom stereocenters. The van der Waals surface area contributed by atoms with Gasteiger partial charge in [0.2, 0.25) is 5.91 Å². The maximum Gasteiger partial charge on any atom is 0.306 e. The first-order valence-corrected chi connectivity index (χ1v) is 7.82. The summed E-state index contributed by atoms with van der Waals surface area (Å²) in [5.41, 5.74) is 0.871. The highest BCUT2D eigenvalue weighted by atomic mass is 16.6. The van der Waals surface area contributed by atoms with Gasteiger partial charge in [-0.3, -0.25) is 19.6 Å². The fraction of sp³-hybridized carbons (Fsp3) is 0.412. The maximum atomic E-state index is 12.2. The second-order valence-corrected chi connectivity index (χ2v) is 6.35. The molecule has 1 N–H and O–H groups in total. The second-order valence-electron chi connectivity index (χ2n) is 6.35. The van der Waals surface area contributed by atoms with E-state index >= 15 is 0 Å². The van der Waals surface area contributed by atoms with E-state index in [0.717, 1.165) is 5.56 Å². The number of aromatic nitrogens is 2. The number of nitrogens with zero attached hydrogens (tertiary/aromatic N) is 3. The molecule has 0 spiro atoms. The molecule has 2 rings (SSSR count). The Bertz CT molecular complexity index is 710. The molecule has 0 saturated carbocycles. The van der Waals surface area contributed by atoms with Crippen LogP contribution in [0.4, 0.5) is 5.69 Å². The van der Waals surface area contributed by atoms with Gasteiger partial charge in [-0.05, 0) is 12.5 Å². The van der Waals surface area contributed by atoms with Crippen molar-refractivity contribution in [3.8, 4) is 0 Å². The Morgan fingerprint density at radius 1 is 1.38 bits per heavy atom. The molecular formula is C17H22N4O3. The van der Waals surface area contributed by atoms with Crippen molar-refractivity contribution < 1.29 is 9.72 Å². The average Bonchev–Trinajstić information content (AvgIpc) is 3.03. The van der Waals surface area contributed by atoms with E-state index in [4.69, 9.17) is 0 Å². The highest BCUT2D eigenvalue weighted by Gasteiger charge is 2.28. The summed E-state index contributed by atoms with van der Waals surface area (Å²) < 4.78 is 1.41. The standard InChI is InChI=1S/C17H22N4O3/c1-13(17(2,3)14-7-5-4-6-8-14)19-16(22)9-10-20-12-15(11-18-20)21(23)24/h4-8,11-13H,9-10H2,1-3H3,(H,19,22)/t13-/m1/s1. The van der Waals surface area contributed by atoms with E-state index in [1.54, 1.807) is 0 Å². The first-order chi connectivity index (χ1) is 11.3. The Labute approximate surface area is 140 Å². The summed E-state index contributed by atoms with van der Waals surface area (Å²) in [6, 6.07) is 9.97. The van der Waals surface area contributed by atoms with Gasteiger partial charge in [0.05, 0.1) is 4.92 Å². The van der Waals surface area contributed by atoms with Crippen LogP contribution in [-0.2, 0) is 16.8 Å². The van der Waals surface area contributed by atoms with Crippen LogP contribution in [0.2, 0.25) is 0 Å². The van der Waals surface area contributed by atoms with Crippen LogP contribution < -0.4 is 5.32 Å². The summed E-state index contributed by atoms with van der Waals surface area (Å²) in [6.45, 7) is 6.45. The minimum Gasteiger partial charge on any atom is -0.353 e. The molecule has 128 valence electrons. The average molecular weight is 330 g/mol. The first kappa shape index (κ1) is 17.7. The van der Waals surface area contributed by atoms with Gasteiger partial charge in [-0.15, -0.1) is 0 Å². The van der Waals surface area contributed by atoms with Crippen molar-refractivity contribution in [3.63, 3.8) is 0 Å². The third-order valence-electron chi connectivity index (χ3n) is 4.38. The molecule has 1 atom stereocenters. The van der Waals surface area contributed by atoms with Gasteiger partial charge >= 0.3 is 5.69 Å². The van der Waals surface area contributed by atoms with E-state index in [-0.39, 0.29) is 29.5 Å². The molecule has 24 heavy (non-hydrogen) atoms. The van der Waals surface area contributed by atoms with E-state index in [9.17, 15) is 14.9 Å². The van der Waals surface area contributed by atoms with Crippen molar-refractivity contribution in [1.29, 1.82) is 0 Å². The number of benzene rings is 1. The summed E-state index contributed by atoms with van der Waals surface area (Å²) in [5.74, 6) is -0.107. The van der Waals surface area contributed by atoms with Gasteiger partial charge in [-0.2, -0.15) is 5.10 Å². The molecule has 0 aliphatic rings. The summed E-state index contributed by atoms with van der Waals surface area (Å²) in [7, 11) is 0. The number of nitrogens with one attached hydrogen (secondary N) is 1. The largest absolute Gasteiger partial charge is 0.353 e. The van der Waals surface area contributed by atoms with Crippen LogP contribution in [0.3, 0.4) is 0 Å². The Hall–Kier alpha value is -2.70. The quantitative estimate of drug-likeness (QED) is 0.624. The number of rotatable bonds is 7. The molecule has 1 amide bonds. The summed E-state index contributed by atoms with van der Waals surface area (Å²) >= 11 is 0. The zero-order valence-electron chi connectivity index (χ0n) is 14.1. The van der Waals surface area contributed by atoms with Crippen LogP contribution >= 0.6 is 0 Å². The van der Waals surface area contributed by atoms with Crippen LogP contribution in [0.5, 0.6) is 0 Å². The van der Waals surface area contributed by atoms with Gasteiger partial charge in [0.25, 0.3) is 0 Å². The van der Waals surface area contributed by atoms with Crippen LogP contribution in [0.25, 0.3) is 0 Å². The second kappa shape index (κ2) is 7.25. The van der Waals surface area contributed by atoms with Crippen molar-refractivity contribution in [3.05, 3.63) is 58.4 Å². The van der Waals surface area contributed by atoms with E-state index < -0.39 is 4.92 Å². The molecule has 0 saturated heterocycles. The smallest absolute Gasteiger partial charge is 0.306 e. The zero-order valence-corrected chi connectivity index (χ0v) is 14.1. The number of hydrogen-bond donors (Lipinski definition) is 1.